The van der Waals surface area contributed by atoms with Crippen LogP contribution in [0.2, 0.25) is 0 Å². The largest absolute Gasteiger partial charge is 0.378 e. The number of H-pyrrole nitrogens is 1. The van der Waals surface area contributed by atoms with Crippen LogP contribution in [0.4, 0.5) is 5.82 Å². The SMILES string of the molecule is C/C=C\c1cn(-c2c[nH]n(-c3cc(N4CCOCC4)ncn3)c2=O)nn1. The van der Waals surface area contributed by atoms with Gasteiger partial charge in [-0.15, -0.1) is 5.10 Å². The zero-order valence-electron chi connectivity index (χ0n) is 14.2. The minimum absolute atomic E-state index is 0.270. The summed E-state index contributed by atoms with van der Waals surface area (Å²) in [4.78, 5) is 23.4. The summed E-state index contributed by atoms with van der Waals surface area (Å²) in [7, 11) is 0. The van der Waals surface area contributed by atoms with Gasteiger partial charge in [0.2, 0.25) is 0 Å². The van der Waals surface area contributed by atoms with Crippen LogP contribution in [0.1, 0.15) is 12.6 Å². The van der Waals surface area contributed by atoms with E-state index in [0.29, 0.717) is 30.4 Å². The molecule has 4 heterocycles. The lowest BCUT2D eigenvalue weighted by molar-refractivity contribution is 0.122. The highest BCUT2D eigenvalue weighted by molar-refractivity contribution is 5.45. The third-order valence-corrected chi connectivity index (χ3v) is 4.05. The predicted molar refractivity (Wildman–Crippen MR) is 94.6 cm³/mol. The molecule has 0 spiro atoms. The van der Waals surface area contributed by atoms with Gasteiger partial charge in [0.15, 0.2) is 11.5 Å². The molecule has 10 nitrogen and oxygen atoms in total. The fourth-order valence-corrected chi connectivity index (χ4v) is 2.76. The molecule has 4 rings (SSSR count). The number of nitrogens with zero attached hydrogens (tertiary/aromatic N) is 7. The summed E-state index contributed by atoms with van der Waals surface area (Å²) in [5.74, 6) is 1.23. The highest BCUT2D eigenvalue weighted by atomic mass is 16.5. The Hall–Kier alpha value is -3.27. The second kappa shape index (κ2) is 6.92. The Bertz CT molecular complexity index is 980. The smallest absolute Gasteiger partial charge is 0.298 e. The second-order valence-electron chi connectivity index (χ2n) is 5.72. The molecule has 134 valence electrons. The van der Waals surface area contributed by atoms with Gasteiger partial charge in [-0.05, 0) is 13.0 Å². The average molecular weight is 354 g/mol. The van der Waals surface area contributed by atoms with Crippen molar-refractivity contribution in [3.63, 3.8) is 0 Å². The Labute approximate surface area is 148 Å². The highest BCUT2D eigenvalue weighted by Crippen LogP contribution is 2.14. The second-order valence-corrected chi connectivity index (χ2v) is 5.72. The van der Waals surface area contributed by atoms with E-state index in [4.69, 9.17) is 4.74 Å². The standard InChI is InChI=1S/C16H18N8O2/c1-2-3-12-10-23(21-20-12)13-9-19-24(16(13)25)15-8-14(17-11-18-15)22-4-6-26-7-5-22/h2-3,8-11,19H,4-7H2,1H3/b3-2-. The van der Waals surface area contributed by atoms with Crippen molar-refractivity contribution in [3.8, 4) is 11.5 Å². The molecule has 0 unspecified atom stereocenters. The number of rotatable bonds is 4. The number of hydrogen-bond acceptors (Lipinski definition) is 7. The molecular formula is C16H18N8O2. The van der Waals surface area contributed by atoms with Crippen molar-refractivity contribution in [2.24, 2.45) is 0 Å². The molecule has 0 saturated carbocycles. The topological polar surface area (TPSA) is 107 Å². The van der Waals surface area contributed by atoms with E-state index in [1.807, 2.05) is 19.1 Å². The molecule has 3 aromatic heterocycles. The van der Waals surface area contributed by atoms with Gasteiger partial charge in [-0.3, -0.25) is 9.89 Å². The maximum atomic E-state index is 12.8. The molecule has 0 atom stereocenters. The molecule has 0 aliphatic carbocycles. The highest BCUT2D eigenvalue weighted by Gasteiger charge is 2.16. The number of allylic oxidation sites excluding steroid dienone is 1. The molecule has 1 saturated heterocycles. The third kappa shape index (κ3) is 3.02. The number of hydrogen-bond donors (Lipinski definition) is 1. The van der Waals surface area contributed by atoms with Crippen LogP contribution in [0.25, 0.3) is 17.6 Å². The number of nitrogens with one attached hydrogen (secondary N) is 1. The summed E-state index contributed by atoms with van der Waals surface area (Å²) in [6.07, 6.45) is 8.39. The summed E-state index contributed by atoms with van der Waals surface area (Å²) in [5.41, 5.74) is 0.768. The molecule has 0 amide bonds. The van der Waals surface area contributed by atoms with E-state index in [1.54, 1.807) is 18.5 Å². The van der Waals surface area contributed by atoms with E-state index in [1.165, 1.54) is 15.7 Å². The van der Waals surface area contributed by atoms with E-state index >= 15 is 0 Å². The molecule has 1 aliphatic heterocycles. The first-order valence-electron chi connectivity index (χ1n) is 8.27. The Balaban J connectivity index is 1.66. The van der Waals surface area contributed by atoms with Crippen LogP contribution in [-0.4, -0.2) is 61.0 Å². The molecule has 1 N–H and O–H groups in total. The third-order valence-electron chi connectivity index (χ3n) is 4.05. The van der Waals surface area contributed by atoms with Crippen molar-refractivity contribution in [2.75, 3.05) is 31.2 Å². The molecule has 0 bridgehead atoms. The zero-order valence-corrected chi connectivity index (χ0v) is 14.2. The first-order chi connectivity index (χ1) is 12.8. The fourth-order valence-electron chi connectivity index (χ4n) is 2.76. The van der Waals surface area contributed by atoms with Crippen LogP contribution in [0.5, 0.6) is 0 Å². The number of ether oxygens (including phenoxy) is 1. The fraction of sp³-hybridized carbons (Fsp3) is 0.312. The van der Waals surface area contributed by atoms with Gasteiger partial charge in [0.25, 0.3) is 5.56 Å². The van der Waals surface area contributed by atoms with Crippen LogP contribution in [0.15, 0.2) is 35.7 Å². The van der Waals surface area contributed by atoms with E-state index in [9.17, 15) is 4.79 Å². The monoisotopic (exact) mass is 354 g/mol. The van der Waals surface area contributed by atoms with Gasteiger partial charge in [0, 0.05) is 19.2 Å². The van der Waals surface area contributed by atoms with E-state index in [0.717, 1.165) is 18.9 Å². The van der Waals surface area contributed by atoms with Crippen LogP contribution >= 0.6 is 0 Å². The van der Waals surface area contributed by atoms with Gasteiger partial charge < -0.3 is 9.64 Å². The summed E-state index contributed by atoms with van der Waals surface area (Å²) in [5, 5.41) is 10.9. The van der Waals surface area contributed by atoms with Crippen LogP contribution in [0, 0.1) is 0 Å². The first-order valence-corrected chi connectivity index (χ1v) is 8.27. The summed E-state index contributed by atoms with van der Waals surface area (Å²) >= 11 is 0. The van der Waals surface area contributed by atoms with Crippen molar-refractivity contribution in [2.45, 2.75) is 6.92 Å². The van der Waals surface area contributed by atoms with Crippen molar-refractivity contribution >= 4 is 11.9 Å². The van der Waals surface area contributed by atoms with E-state index in [-0.39, 0.29) is 5.56 Å². The van der Waals surface area contributed by atoms with Gasteiger partial charge in [-0.1, -0.05) is 11.3 Å². The lowest BCUT2D eigenvalue weighted by atomic mass is 10.4. The number of anilines is 1. The number of aromatic amines is 1. The lowest BCUT2D eigenvalue weighted by Gasteiger charge is -2.27. The molecule has 10 heteroatoms. The van der Waals surface area contributed by atoms with Crippen LogP contribution < -0.4 is 10.5 Å². The Morgan fingerprint density at radius 1 is 1.23 bits per heavy atom. The van der Waals surface area contributed by atoms with Crippen LogP contribution in [-0.2, 0) is 4.74 Å². The van der Waals surface area contributed by atoms with Gasteiger partial charge in [0.1, 0.15) is 17.8 Å². The minimum Gasteiger partial charge on any atom is -0.378 e. The molecular weight excluding hydrogens is 336 g/mol. The van der Waals surface area contributed by atoms with E-state index < -0.39 is 0 Å². The van der Waals surface area contributed by atoms with Crippen molar-refractivity contribution in [3.05, 3.63) is 46.9 Å². The van der Waals surface area contributed by atoms with Gasteiger partial charge in [0.05, 0.1) is 25.6 Å². The van der Waals surface area contributed by atoms with Crippen molar-refractivity contribution in [1.29, 1.82) is 0 Å². The Morgan fingerprint density at radius 3 is 2.85 bits per heavy atom. The quantitative estimate of drug-likeness (QED) is 0.723. The summed E-state index contributed by atoms with van der Waals surface area (Å²) in [6, 6.07) is 1.78. The lowest BCUT2D eigenvalue weighted by Crippen LogP contribution is -2.37. The summed E-state index contributed by atoms with van der Waals surface area (Å²) < 4.78 is 8.16. The molecule has 0 aromatic carbocycles. The molecule has 1 aliphatic rings. The zero-order chi connectivity index (χ0) is 17.9. The van der Waals surface area contributed by atoms with Crippen LogP contribution in [0.3, 0.4) is 0 Å². The maximum absolute atomic E-state index is 12.8. The van der Waals surface area contributed by atoms with E-state index in [2.05, 4.69) is 30.3 Å². The first kappa shape index (κ1) is 16.2. The van der Waals surface area contributed by atoms with Crippen molar-refractivity contribution in [1.82, 2.24) is 34.7 Å². The average Bonchev–Trinajstić information content (AvgIpc) is 3.29. The van der Waals surface area contributed by atoms with Gasteiger partial charge in [-0.25, -0.2) is 14.6 Å². The number of aromatic nitrogens is 7. The van der Waals surface area contributed by atoms with Crippen molar-refractivity contribution < 1.29 is 4.74 Å². The normalized spacial score (nSPS) is 15.0. The minimum atomic E-state index is -0.270. The van der Waals surface area contributed by atoms with Gasteiger partial charge >= 0.3 is 0 Å². The number of morpholine rings is 1. The predicted octanol–water partition coefficient (Wildman–Crippen LogP) is 0.406. The molecule has 1 fully saturated rings. The molecule has 3 aromatic rings. The maximum Gasteiger partial charge on any atom is 0.298 e. The Kier molecular flexibility index (Phi) is 4.32. The molecule has 0 radical (unpaired) electrons. The molecule has 26 heavy (non-hydrogen) atoms. The Morgan fingerprint density at radius 2 is 2.04 bits per heavy atom. The van der Waals surface area contributed by atoms with Gasteiger partial charge in [-0.2, -0.15) is 4.68 Å². The summed E-state index contributed by atoms with van der Waals surface area (Å²) in [6.45, 7) is 4.73.